The first-order valence-electron chi connectivity index (χ1n) is 2.80. The zero-order valence-corrected chi connectivity index (χ0v) is 6.35. The molecule has 0 aliphatic rings. The second kappa shape index (κ2) is 6.10. The first-order valence-corrected chi connectivity index (χ1v) is 2.80. The fourth-order valence-corrected chi connectivity index (χ4v) is 0. The largest absolute Gasteiger partial charge is 0.473 e. The quantitative estimate of drug-likeness (QED) is 0.341. The minimum Gasteiger partial charge on any atom is -0.473 e. The first-order chi connectivity index (χ1) is 5.29. The number of rotatable bonds is 1. The van der Waals surface area contributed by atoms with Crippen LogP contribution in [0.15, 0.2) is 0 Å². The molecule has 0 aromatic carbocycles. The molecule has 70 valence electrons. The van der Waals surface area contributed by atoms with Crippen molar-refractivity contribution in [1.82, 2.24) is 0 Å². The van der Waals surface area contributed by atoms with Crippen molar-refractivity contribution in [3.63, 3.8) is 0 Å². The Kier molecular flexibility index (Phi) is 6.61. The maximum atomic E-state index is 9.80. The third kappa shape index (κ3) is 11.2. The minimum atomic E-state index is -1.82. The lowest BCUT2D eigenvalue weighted by Crippen LogP contribution is -2.32. The number of hydrogen-bond donors (Lipinski definition) is 4. The molecule has 0 aromatic heterocycles. The van der Waals surface area contributed by atoms with Crippen molar-refractivity contribution in [3.8, 4) is 0 Å². The van der Waals surface area contributed by atoms with Crippen LogP contribution in [0.4, 0.5) is 0 Å². The molecule has 0 saturated heterocycles. The molecule has 0 aliphatic carbocycles. The lowest BCUT2D eigenvalue weighted by molar-refractivity contribution is -0.159. The Hall–Kier alpha value is -1.63. The van der Waals surface area contributed by atoms with Crippen LogP contribution in [-0.2, 0) is 14.4 Å². The minimum absolute atomic E-state index is 0.463. The number of carbonyl (C=O) groups is 3. The average molecular weight is 178 g/mol. The summed E-state index contributed by atoms with van der Waals surface area (Å²) < 4.78 is 0. The van der Waals surface area contributed by atoms with Crippen LogP contribution in [0.2, 0.25) is 0 Å². The van der Waals surface area contributed by atoms with Gasteiger partial charge in [0.2, 0.25) is 5.91 Å². The third-order valence-electron chi connectivity index (χ3n) is 0.632. The van der Waals surface area contributed by atoms with E-state index < -0.39 is 23.9 Å². The summed E-state index contributed by atoms with van der Waals surface area (Å²) in [6.07, 6.45) is 0. The molecule has 1 atom stereocenters. The molecule has 0 spiro atoms. The third-order valence-corrected chi connectivity index (χ3v) is 0.632. The van der Waals surface area contributed by atoms with Gasteiger partial charge in [0.1, 0.15) is 0 Å². The molecule has 7 heteroatoms. The summed E-state index contributed by atoms with van der Waals surface area (Å²) in [7, 11) is 0. The maximum absolute atomic E-state index is 9.80. The molecule has 12 heavy (non-hydrogen) atoms. The number of carbonyl (C=O) groups excluding carboxylic acids is 1. The summed E-state index contributed by atoms with van der Waals surface area (Å²) in [5, 5.41) is 14.8. The molecule has 0 bridgehead atoms. The topological polar surface area (TPSA) is 144 Å². The monoisotopic (exact) mass is 178 g/mol. The van der Waals surface area contributed by atoms with Gasteiger partial charge in [-0.3, -0.25) is 4.79 Å². The van der Waals surface area contributed by atoms with E-state index in [9.17, 15) is 4.79 Å². The number of primary amides is 1. The molecule has 0 heterocycles. The number of carboxylic acids is 2. The van der Waals surface area contributed by atoms with Gasteiger partial charge in [-0.05, 0) is 6.92 Å². The Labute approximate surface area is 68.0 Å². The smallest absolute Gasteiger partial charge is 0.414 e. The van der Waals surface area contributed by atoms with Crippen LogP contribution >= 0.6 is 0 Å². The van der Waals surface area contributed by atoms with E-state index in [1.807, 2.05) is 0 Å². The normalized spacial score (nSPS) is 10.5. The fourth-order valence-electron chi connectivity index (χ4n) is 0. The van der Waals surface area contributed by atoms with Crippen molar-refractivity contribution in [2.75, 3.05) is 0 Å². The van der Waals surface area contributed by atoms with Crippen LogP contribution in [0.5, 0.6) is 0 Å². The Morgan fingerprint density at radius 3 is 1.33 bits per heavy atom. The van der Waals surface area contributed by atoms with E-state index in [1.165, 1.54) is 0 Å². The lowest BCUT2D eigenvalue weighted by Gasteiger charge is -1.91. The molecule has 6 N–H and O–H groups in total. The van der Waals surface area contributed by atoms with Crippen molar-refractivity contribution in [3.05, 3.63) is 0 Å². The second-order valence-electron chi connectivity index (χ2n) is 1.80. The summed E-state index contributed by atoms with van der Waals surface area (Å²) in [6.45, 7) is 1.54. The van der Waals surface area contributed by atoms with Gasteiger partial charge < -0.3 is 21.7 Å². The van der Waals surface area contributed by atoms with Crippen LogP contribution in [0, 0.1) is 0 Å². The molecule has 0 saturated carbocycles. The number of hydrogen-bond acceptors (Lipinski definition) is 4. The Bertz CT molecular complexity index is 176. The van der Waals surface area contributed by atoms with Crippen LogP contribution in [-0.4, -0.2) is 34.1 Å². The number of nitrogens with two attached hydrogens (primary N) is 2. The molecule has 1 amide bonds. The highest BCUT2D eigenvalue weighted by molar-refractivity contribution is 6.27. The summed E-state index contributed by atoms with van der Waals surface area (Å²) in [5.74, 6) is -4.11. The Balaban J connectivity index is 0. The van der Waals surface area contributed by atoms with Crippen molar-refractivity contribution in [1.29, 1.82) is 0 Å². The van der Waals surface area contributed by atoms with Gasteiger partial charge in [-0.1, -0.05) is 0 Å². The number of aliphatic carboxylic acids is 2. The Morgan fingerprint density at radius 1 is 1.17 bits per heavy atom. The van der Waals surface area contributed by atoms with Crippen molar-refractivity contribution >= 4 is 17.8 Å². The van der Waals surface area contributed by atoms with E-state index in [-0.39, 0.29) is 0 Å². The molecule has 0 radical (unpaired) electrons. The van der Waals surface area contributed by atoms with E-state index in [2.05, 4.69) is 5.73 Å². The molecule has 0 aliphatic heterocycles. The van der Waals surface area contributed by atoms with Gasteiger partial charge in [0, 0.05) is 0 Å². The van der Waals surface area contributed by atoms with E-state index in [0.717, 1.165) is 0 Å². The average Bonchev–Trinajstić information content (AvgIpc) is 1.88. The van der Waals surface area contributed by atoms with Crippen molar-refractivity contribution in [2.24, 2.45) is 11.5 Å². The van der Waals surface area contributed by atoms with Crippen LogP contribution in [0.25, 0.3) is 0 Å². The SMILES string of the molecule is CC(N)C(N)=O.O=C(O)C(=O)O. The van der Waals surface area contributed by atoms with Gasteiger partial charge >= 0.3 is 11.9 Å². The molecule has 0 fully saturated rings. The predicted molar refractivity (Wildman–Crippen MR) is 38.1 cm³/mol. The molecule has 0 rings (SSSR count). The highest BCUT2D eigenvalue weighted by Crippen LogP contribution is 1.64. The van der Waals surface area contributed by atoms with Crippen LogP contribution in [0.1, 0.15) is 6.92 Å². The zero-order valence-electron chi connectivity index (χ0n) is 6.35. The molecule has 1 unspecified atom stereocenters. The molecule has 7 nitrogen and oxygen atoms in total. The molecule has 0 aromatic rings. The van der Waals surface area contributed by atoms with E-state index in [0.29, 0.717) is 0 Å². The summed E-state index contributed by atoms with van der Waals surface area (Å²) in [5.41, 5.74) is 9.63. The molecular formula is C5H10N2O5. The molecular weight excluding hydrogens is 168 g/mol. The highest BCUT2D eigenvalue weighted by atomic mass is 16.4. The fraction of sp³-hybridized carbons (Fsp3) is 0.400. The van der Waals surface area contributed by atoms with E-state index >= 15 is 0 Å². The van der Waals surface area contributed by atoms with Gasteiger partial charge in [0.15, 0.2) is 0 Å². The maximum Gasteiger partial charge on any atom is 0.414 e. The zero-order chi connectivity index (χ0) is 10.3. The number of amides is 1. The van der Waals surface area contributed by atoms with Crippen molar-refractivity contribution in [2.45, 2.75) is 13.0 Å². The number of carboxylic acid groups (broad SMARTS) is 2. The van der Waals surface area contributed by atoms with Gasteiger partial charge in [0.25, 0.3) is 0 Å². The standard InChI is InChI=1S/C3H8N2O.C2H2O4/c1-2(4)3(5)6;3-1(4)2(5)6/h2H,4H2,1H3,(H2,5,6);(H,3,4)(H,5,6). The van der Waals surface area contributed by atoms with Gasteiger partial charge in [-0.15, -0.1) is 0 Å². The second-order valence-corrected chi connectivity index (χ2v) is 1.80. The summed E-state index contributed by atoms with van der Waals surface area (Å²) in [6, 6.07) is -0.509. The van der Waals surface area contributed by atoms with Crippen molar-refractivity contribution < 1.29 is 24.6 Å². The van der Waals surface area contributed by atoms with Crippen LogP contribution in [0.3, 0.4) is 0 Å². The van der Waals surface area contributed by atoms with Gasteiger partial charge in [0.05, 0.1) is 6.04 Å². The summed E-state index contributed by atoms with van der Waals surface area (Å²) in [4.78, 5) is 28.0. The summed E-state index contributed by atoms with van der Waals surface area (Å²) >= 11 is 0. The van der Waals surface area contributed by atoms with Gasteiger partial charge in [-0.2, -0.15) is 0 Å². The highest BCUT2D eigenvalue weighted by Gasteiger charge is 2.04. The van der Waals surface area contributed by atoms with E-state index in [1.54, 1.807) is 6.92 Å². The van der Waals surface area contributed by atoms with Crippen LogP contribution < -0.4 is 11.5 Å². The van der Waals surface area contributed by atoms with Gasteiger partial charge in [-0.25, -0.2) is 9.59 Å². The first kappa shape index (κ1) is 13.0. The van der Waals surface area contributed by atoms with E-state index in [4.69, 9.17) is 25.5 Å². The lowest BCUT2D eigenvalue weighted by atomic mass is 10.4. The Morgan fingerprint density at radius 2 is 1.33 bits per heavy atom. The predicted octanol–water partition coefficient (Wildman–Crippen LogP) is -2.03.